The molecule has 0 unspecified atom stereocenters. The molecule has 2 fully saturated rings. The minimum atomic E-state index is -3.66. The van der Waals surface area contributed by atoms with Crippen LogP contribution >= 0.6 is 0 Å². The van der Waals surface area contributed by atoms with Crippen molar-refractivity contribution < 1.29 is 41.8 Å². The molecule has 1 saturated heterocycles. The summed E-state index contributed by atoms with van der Waals surface area (Å²) in [6.45, 7) is 4.50. The van der Waals surface area contributed by atoms with E-state index in [1.54, 1.807) is 30.7 Å². The van der Waals surface area contributed by atoms with Crippen LogP contribution in [0.2, 0.25) is 0 Å². The first kappa shape index (κ1) is 32.3. The summed E-state index contributed by atoms with van der Waals surface area (Å²) in [4.78, 5) is 59.3. The molecule has 46 heavy (non-hydrogen) atoms. The Hall–Kier alpha value is -3.61. The molecule has 4 aliphatic heterocycles. The zero-order valence-corrected chi connectivity index (χ0v) is 27.6. The molecule has 0 bridgehead atoms. The van der Waals surface area contributed by atoms with Crippen molar-refractivity contribution in [1.29, 1.82) is 0 Å². The van der Waals surface area contributed by atoms with E-state index in [1.807, 2.05) is 24.3 Å². The zero-order valence-electron chi connectivity index (χ0n) is 26.7. The van der Waals surface area contributed by atoms with Crippen LogP contribution in [0.5, 0.6) is 11.5 Å². The van der Waals surface area contributed by atoms with Crippen molar-refractivity contribution in [2.24, 2.45) is 11.3 Å². The molecule has 0 spiro atoms. The van der Waals surface area contributed by atoms with Crippen molar-refractivity contribution in [3.05, 3.63) is 35.4 Å². The van der Waals surface area contributed by atoms with Gasteiger partial charge >= 0.3 is 12.1 Å². The number of nitrogens with zero attached hydrogens (tertiary/aromatic N) is 3. The summed E-state index contributed by atoms with van der Waals surface area (Å²) >= 11 is 0. The molecule has 0 aromatic heterocycles. The summed E-state index contributed by atoms with van der Waals surface area (Å²) < 4.78 is 42.3. The maximum atomic E-state index is 14.1. The van der Waals surface area contributed by atoms with E-state index < -0.39 is 50.3 Å². The average Bonchev–Trinajstić information content (AvgIpc) is 3.37. The van der Waals surface area contributed by atoms with Crippen LogP contribution in [0.15, 0.2) is 24.3 Å². The average molecular weight is 658 g/mol. The van der Waals surface area contributed by atoms with E-state index in [1.165, 1.54) is 4.90 Å². The van der Waals surface area contributed by atoms with Gasteiger partial charge < -0.3 is 24.0 Å². The molecule has 1 saturated carbocycles. The van der Waals surface area contributed by atoms with Crippen molar-refractivity contribution in [2.45, 2.75) is 89.3 Å². The normalized spacial score (nSPS) is 28.7. The minimum absolute atomic E-state index is 0.0497. The van der Waals surface area contributed by atoms with E-state index in [2.05, 4.69) is 0 Å². The third kappa shape index (κ3) is 6.34. The molecule has 4 heterocycles. The van der Waals surface area contributed by atoms with Gasteiger partial charge in [-0.2, -0.15) is 0 Å². The number of sulfone groups is 1. The number of hydrogen-bond acceptors (Lipinski definition) is 9. The highest BCUT2D eigenvalue weighted by atomic mass is 32.2. The van der Waals surface area contributed by atoms with Crippen LogP contribution in [-0.2, 0) is 37.3 Å². The predicted octanol–water partition coefficient (Wildman–Crippen LogP) is 3.85. The molecule has 0 radical (unpaired) electrons. The van der Waals surface area contributed by atoms with E-state index in [-0.39, 0.29) is 43.9 Å². The monoisotopic (exact) mass is 657 g/mol. The van der Waals surface area contributed by atoms with Gasteiger partial charge in [0.1, 0.15) is 11.9 Å². The largest absolute Gasteiger partial charge is 0.454 e. The Morgan fingerprint density at radius 3 is 2.43 bits per heavy atom. The van der Waals surface area contributed by atoms with E-state index in [0.29, 0.717) is 37.6 Å². The Balaban J connectivity index is 1.19. The first-order chi connectivity index (χ1) is 21.9. The second-order valence-corrected chi connectivity index (χ2v) is 16.2. The van der Waals surface area contributed by atoms with Crippen LogP contribution in [0, 0.1) is 11.3 Å². The number of hydrogen-bond donors (Lipinski definition) is 0. The third-order valence-corrected chi connectivity index (χ3v) is 12.2. The number of carbonyl (C=O) groups excluding carboxylic acids is 4. The molecule has 1 aromatic rings. The first-order valence-electron chi connectivity index (χ1n) is 16.2. The molecule has 13 heteroatoms. The standard InChI is InChI=1S/C33H43N3O9S/c1-21(2)46(41,42)19-30(38)33-14-24(33)9-7-5-4-6-8-10-34(3)31(39)36-18-25(13-26(36)27(37)15-33)45-32(40)35-16-22-11-28-29(44-20-43-28)12-23(22)17-35/h7,9,11-12,21,24-26H,4-6,8,10,13-20H2,1-3H3/b9-7-/t24-,25-,26+,33-/m1/s1. The van der Waals surface area contributed by atoms with Gasteiger partial charge in [-0.25, -0.2) is 18.0 Å². The quantitative estimate of drug-likeness (QED) is 0.432. The highest BCUT2D eigenvalue weighted by molar-refractivity contribution is 7.92. The Morgan fingerprint density at radius 1 is 1.07 bits per heavy atom. The van der Waals surface area contributed by atoms with E-state index in [9.17, 15) is 27.6 Å². The van der Waals surface area contributed by atoms with Crippen molar-refractivity contribution in [1.82, 2.24) is 14.7 Å². The second kappa shape index (κ2) is 12.5. The molecule has 12 nitrogen and oxygen atoms in total. The van der Waals surface area contributed by atoms with Gasteiger partial charge in [-0.3, -0.25) is 14.5 Å². The van der Waals surface area contributed by atoms with E-state index in [4.69, 9.17) is 14.2 Å². The summed E-state index contributed by atoms with van der Waals surface area (Å²) in [5.74, 6) is -0.321. The number of carbonyl (C=O) groups is 4. The SMILES string of the molecule is CC(C)S(=O)(=O)CC(=O)[C@]12CC(=O)[C@@H]3C[C@@H](OC(=O)N4Cc5cc6c(cc5C4)OCO6)CN3C(=O)N(C)CCCCC/C=C\[C@@H]1C2. The molecule has 250 valence electrons. The minimum Gasteiger partial charge on any atom is -0.454 e. The van der Waals surface area contributed by atoms with Crippen LogP contribution in [-0.4, -0.2) is 96.9 Å². The van der Waals surface area contributed by atoms with Crippen LogP contribution in [0.4, 0.5) is 9.59 Å². The fraction of sp³-hybridized carbons (Fsp3) is 0.636. The first-order valence-corrected chi connectivity index (χ1v) is 17.9. The molecular formula is C33H43N3O9S. The topological polar surface area (TPSA) is 140 Å². The van der Waals surface area contributed by atoms with E-state index in [0.717, 1.165) is 36.8 Å². The van der Waals surface area contributed by atoms with Gasteiger partial charge in [-0.15, -0.1) is 0 Å². The number of benzene rings is 1. The lowest BCUT2D eigenvalue weighted by atomic mass is 9.89. The van der Waals surface area contributed by atoms with Gasteiger partial charge in [0.05, 0.1) is 17.8 Å². The number of ketones is 2. The lowest BCUT2D eigenvalue weighted by molar-refractivity contribution is -0.130. The van der Waals surface area contributed by atoms with Gasteiger partial charge in [0.25, 0.3) is 0 Å². The molecule has 0 N–H and O–H groups in total. The number of Topliss-reactive ketones (excluding diaryl/α,β-unsaturated/α-hetero) is 2. The van der Waals surface area contributed by atoms with E-state index >= 15 is 0 Å². The van der Waals surface area contributed by atoms with Crippen LogP contribution < -0.4 is 9.47 Å². The van der Waals surface area contributed by atoms with Crippen molar-refractivity contribution >= 4 is 33.5 Å². The number of urea groups is 1. The fourth-order valence-corrected chi connectivity index (χ4v) is 8.01. The highest BCUT2D eigenvalue weighted by Gasteiger charge is 2.60. The second-order valence-electron chi connectivity index (χ2n) is 13.6. The number of amides is 3. The Bertz CT molecular complexity index is 1520. The van der Waals surface area contributed by atoms with Crippen LogP contribution in [0.3, 0.4) is 0 Å². The maximum absolute atomic E-state index is 14.1. The Labute approximate surface area is 269 Å². The van der Waals surface area contributed by atoms with Crippen LogP contribution in [0.1, 0.15) is 69.9 Å². The fourth-order valence-electron chi connectivity index (χ4n) is 7.03. The van der Waals surface area contributed by atoms with Gasteiger partial charge in [0.15, 0.2) is 32.9 Å². The van der Waals surface area contributed by atoms with Crippen LogP contribution in [0.25, 0.3) is 0 Å². The van der Waals surface area contributed by atoms with Crippen molar-refractivity contribution in [3.63, 3.8) is 0 Å². The molecule has 1 aromatic carbocycles. The zero-order chi connectivity index (χ0) is 32.8. The number of rotatable bonds is 5. The number of fused-ring (bicyclic) bond motifs is 4. The Kier molecular flexibility index (Phi) is 8.81. The summed E-state index contributed by atoms with van der Waals surface area (Å²) in [7, 11) is -1.96. The molecule has 6 rings (SSSR count). The molecule has 1 aliphatic carbocycles. The van der Waals surface area contributed by atoms with Crippen molar-refractivity contribution in [2.75, 3.05) is 32.7 Å². The molecule has 5 aliphatic rings. The van der Waals surface area contributed by atoms with Crippen molar-refractivity contribution in [3.8, 4) is 11.5 Å². The lowest BCUT2D eigenvalue weighted by Crippen LogP contribution is -2.48. The van der Waals surface area contributed by atoms with Gasteiger partial charge in [-0.05, 0) is 68.7 Å². The Morgan fingerprint density at radius 2 is 1.76 bits per heavy atom. The third-order valence-electron chi connectivity index (χ3n) is 10.1. The lowest BCUT2D eigenvalue weighted by Gasteiger charge is -2.29. The summed E-state index contributed by atoms with van der Waals surface area (Å²) in [5, 5.41) is -0.710. The smallest absolute Gasteiger partial charge is 0.410 e. The predicted molar refractivity (Wildman–Crippen MR) is 167 cm³/mol. The maximum Gasteiger partial charge on any atom is 0.410 e. The highest BCUT2D eigenvalue weighted by Crippen LogP contribution is 2.57. The van der Waals surface area contributed by atoms with Gasteiger partial charge in [0, 0.05) is 44.9 Å². The summed E-state index contributed by atoms with van der Waals surface area (Å²) in [5.41, 5.74) is 0.768. The van der Waals surface area contributed by atoms with Gasteiger partial charge in [0.2, 0.25) is 6.79 Å². The molecular weight excluding hydrogens is 614 g/mol. The number of ether oxygens (including phenoxy) is 3. The summed E-state index contributed by atoms with van der Waals surface area (Å²) in [6, 6.07) is 2.51. The molecule has 4 atom stereocenters. The van der Waals surface area contributed by atoms with Gasteiger partial charge in [-0.1, -0.05) is 18.6 Å². The molecule has 3 amide bonds. The number of allylic oxidation sites excluding steroid dienone is 2. The summed E-state index contributed by atoms with van der Waals surface area (Å²) in [6.07, 6.45) is 6.50.